The lowest BCUT2D eigenvalue weighted by atomic mass is 10.0. The molecule has 1 heterocycles. The average molecular weight is 174 g/mol. The van der Waals surface area contributed by atoms with Crippen LogP contribution in [-0.4, -0.2) is 24.4 Å². The van der Waals surface area contributed by atoms with Crippen LogP contribution in [0.1, 0.15) is 33.6 Å². The summed E-state index contributed by atoms with van der Waals surface area (Å²) in [5, 5.41) is 6.27. The van der Waals surface area contributed by atoms with Gasteiger partial charge in [-0.1, -0.05) is 0 Å². The molecule has 0 aliphatic carbocycles. The van der Waals surface area contributed by atoms with Crippen LogP contribution in [0.2, 0.25) is 0 Å². The fourth-order valence-electron chi connectivity index (χ4n) is 1.56. The zero-order chi connectivity index (χ0) is 9.19. The van der Waals surface area contributed by atoms with Gasteiger partial charge in [-0.2, -0.15) is 0 Å². The summed E-state index contributed by atoms with van der Waals surface area (Å²) in [5.41, 5.74) is 0.134. The molecule has 0 spiro atoms. The highest BCUT2D eigenvalue weighted by atomic mass is 19.1. The zero-order valence-corrected chi connectivity index (χ0v) is 8.15. The second kappa shape index (κ2) is 3.71. The first kappa shape index (κ1) is 9.93. The van der Waals surface area contributed by atoms with Crippen molar-refractivity contribution >= 4 is 0 Å². The minimum absolute atomic E-state index is 0.134. The molecule has 2 unspecified atom stereocenters. The molecule has 1 saturated heterocycles. The van der Waals surface area contributed by atoms with Crippen molar-refractivity contribution in [3.63, 3.8) is 0 Å². The van der Waals surface area contributed by atoms with Crippen molar-refractivity contribution in [2.45, 2.75) is 51.5 Å². The lowest BCUT2D eigenvalue weighted by Crippen LogP contribution is -2.52. The van der Waals surface area contributed by atoms with Crippen LogP contribution in [0.25, 0.3) is 0 Å². The molecule has 0 aromatic rings. The first-order chi connectivity index (χ1) is 5.47. The van der Waals surface area contributed by atoms with E-state index in [1.165, 1.54) is 0 Å². The number of alkyl halides is 1. The van der Waals surface area contributed by atoms with Crippen LogP contribution in [-0.2, 0) is 0 Å². The highest BCUT2D eigenvalue weighted by Crippen LogP contribution is 2.11. The molecule has 3 heteroatoms. The van der Waals surface area contributed by atoms with E-state index in [1.807, 2.05) is 0 Å². The summed E-state index contributed by atoms with van der Waals surface area (Å²) < 4.78 is 12.7. The van der Waals surface area contributed by atoms with Gasteiger partial charge in [-0.15, -0.1) is 0 Å². The highest BCUT2D eigenvalue weighted by Gasteiger charge is 2.22. The summed E-state index contributed by atoms with van der Waals surface area (Å²) in [6.45, 7) is 7.15. The minimum Gasteiger partial charge on any atom is -0.308 e. The van der Waals surface area contributed by atoms with Crippen LogP contribution in [0.5, 0.6) is 0 Å². The van der Waals surface area contributed by atoms with E-state index in [9.17, 15) is 4.39 Å². The smallest absolute Gasteiger partial charge is 0.151 e. The van der Waals surface area contributed by atoms with Crippen molar-refractivity contribution in [2.24, 2.45) is 0 Å². The van der Waals surface area contributed by atoms with E-state index >= 15 is 0 Å². The third-order valence-corrected chi connectivity index (χ3v) is 1.99. The van der Waals surface area contributed by atoms with Gasteiger partial charge < -0.3 is 5.32 Å². The summed E-state index contributed by atoms with van der Waals surface area (Å²) in [6, 6.07) is 0.428. The second-order valence-corrected chi connectivity index (χ2v) is 4.54. The Morgan fingerprint density at radius 1 is 1.33 bits per heavy atom. The molecule has 1 fully saturated rings. The van der Waals surface area contributed by atoms with Gasteiger partial charge in [0.25, 0.3) is 0 Å². The summed E-state index contributed by atoms with van der Waals surface area (Å²) in [5.74, 6) is 0. The van der Waals surface area contributed by atoms with Crippen molar-refractivity contribution < 1.29 is 4.39 Å². The van der Waals surface area contributed by atoms with E-state index in [-0.39, 0.29) is 5.54 Å². The SMILES string of the molecule is CC(C)(C)NC1CCC(F)NC1. The molecule has 1 aliphatic rings. The molecule has 0 saturated carbocycles. The van der Waals surface area contributed by atoms with Crippen LogP contribution in [0, 0.1) is 0 Å². The van der Waals surface area contributed by atoms with Crippen LogP contribution < -0.4 is 10.6 Å². The van der Waals surface area contributed by atoms with Gasteiger partial charge >= 0.3 is 0 Å². The first-order valence-electron chi connectivity index (χ1n) is 4.62. The molecule has 0 amide bonds. The van der Waals surface area contributed by atoms with E-state index in [2.05, 4.69) is 31.4 Å². The summed E-state index contributed by atoms with van der Waals surface area (Å²) >= 11 is 0. The number of halogens is 1. The van der Waals surface area contributed by atoms with Crippen molar-refractivity contribution in [3.8, 4) is 0 Å². The molecule has 12 heavy (non-hydrogen) atoms. The maximum atomic E-state index is 12.7. The molecule has 0 bridgehead atoms. The molecular weight excluding hydrogens is 155 g/mol. The van der Waals surface area contributed by atoms with Gasteiger partial charge in [-0.05, 0) is 33.6 Å². The third-order valence-electron chi connectivity index (χ3n) is 1.99. The topological polar surface area (TPSA) is 24.1 Å². The molecule has 2 N–H and O–H groups in total. The highest BCUT2D eigenvalue weighted by molar-refractivity contribution is 4.83. The Hall–Kier alpha value is -0.150. The fourth-order valence-corrected chi connectivity index (χ4v) is 1.56. The molecular formula is C9H19FN2. The van der Waals surface area contributed by atoms with Crippen LogP contribution in [0.15, 0.2) is 0 Å². The first-order valence-corrected chi connectivity index (χ1v) is 4.62. The zero-order valence-electron chi connectivity index (χ0n) is 8.15. The van der Waals surface area contributed by atoms with Crippen LogP contribution >= 0.6 is 0 Å². The summed E-state index contributed by atoms with van der Waals surface area (Å²) in [6.07, 6.45) is 0.780. The van der Waals surface area contributed by atoms with Gasteiger partial charge in [0.2, 0.25) is 0 Å². The number of hydrogen-bond acceptors (Lipinski definition) is 2. The van der Waals surface area contributed by atoms with Crippen molar-refractivity contribution in [1.29, 1.82) is 0 Å². The van der Waals surface area contributed by atoms with E-state index in [1.54, 1.807) is 0 Å². The van der Waals surface area contributed by atoms with Crippen LogP contribution in [0.4, 0.5) is 4.39 Å². The van der Waals surface area contributed by atoms with Gasteiger partial charge in [-0.3, -0.25) is 5.32 Å². The monoisotopic (exact) mass is 174 g/mol. The third kappa shape index (κ3) is 3.50. The number of nitrogens with one attached hydrogen (secondary N) is 2. The number of rotatable bonds is 1. The fraction of sp³-hybridized carbons (Fsp3) is 1.00. The molecule has 0 aromatic heterocycles. The Kier molecular flexibility index (Phi) is 3.07. The number of piperidine rings is 1. The van der Waals surface area contributed by atoms with Crippen molar-refractivity contribution in [1.82, 2.24) is 10.6 Å². The standard InChI is InChI=1S/C9H19FN2/c1-9(2,3)12-7-4-5-8(10)11-6-7/h7-8,11-12H,4-6H2,1-3H3. The van der Waals surface area contributed by atoms with E-state index in [0.717, 1.165) is 13.0 Å². The quantitative estimate of drug-likeness (QED) is 0.587. The Labute approximate surface area is 73.9 Å². The maximum Gasteiger partial charge on any atom is 0.151 e. The van der Waals surface area contributed by atoms with E-state index in [0.29, 0.717) is 12.5 Å². The Balaban J connectivity index is 2.26. The second-order valence-electron chi connectivity index (χ2n) is 4.54. The average Bonchev–Trinajstić information content (AvgIpc) is 1.91. The van der Waals surface area contributed by atoms with Crippen molar-refractivity contribution in [2.75, 3.05) is 6.54 Å². The Morgan fingerprint density at radius 2 is 2.00 bits per heavy atom. The predicted octanol–water partition coefficient (Wildman–Crippen LogP) is 1.42. The van der Waals surface area contributed by atoms with E-state index < -0.39 is 6.30 Å². The number of hydrogen-bond donors (Lipinski definition) is 2. The molecule has 1 aliphatic heterocycles. The largest absolute Gasteiger partial charge is 0.308 e. The maximum absolute atomic E-state index is 12.7. The predicted molar refractivity (Wildman–Crippen MR) is 48.8 cm³/mol. The van der Waals surface area contributed by atoms with Gasteiger partial charge in [0.1, 0.15) is 0 Å². The minimum atomic E-state index is -0.789. The van der Waals surface area contributed by atoms with E-state index in [4.69, 9.17) is 0 Å². The van der Waals surface area contributed by atoms with Gasteiger partial charge in [0, 0.05) is 18.1 Å². The van der Waals surface area contributed by atoms with Crippen molar-refractivity contribution in [3.05, 3.63) is 0 Å². The molecule has 0 aromatic carbocycles. The molecule has 72 valence electrons. The molecule has 0 radical (unpaired) electrons. The summed E-state index contributed by atoms with van der Waals surface area (Å²) in [4.78, 5) is 0. The molecule has 2 nitrogen and oxygen atoms in total. The van der Waals surface area contributed by atoms with Gasteiger partial charge in [0.05, 0.1) is 0 Å². The lowest BCUT2D eigenvalue weighted by molar-refractivity contribution is 0.183. The van der Waals surface area contributed by atoms with Crippen LogP contribution in [0.3, 0.4) is 0 Å². The molecule has 2 atom stereocenters. The van der Waals surface area contributed by atoms with Gasteiger partial charge in [-0.25, -0.2) is 4.39 Å². The lowest BCUT2D eigenvalue weighted by Gasteiger charge is -2.32. The molecule has 1 rings (SSSR count). The Bertz CT molecular complexity index is 134. The Morgan fingerprint density at radius 3 is 2.42 bits per heavy atom. The summed E-state index contributed by atoms with van der Waals surface area (Å²) in [7, 11) is 0. The van der Waals surface area contributed by atoms with Gasteiger partial charge in [0.15, 0.2) is 6.30 Å². The normalized spacial score (nSPS) is 32.0.